The van der Waals surface area contributed by atoms with Gasteiger partial charge in [-0.2, -0.15) is 5.10 Å². The Balaban J connectivity index is 1.97. The molecule has 0 spiro atoms. The van der Waals surface area contributed by atoms with E-state index >= 15 is 0 Å². The molecule has 3 amide bonds. The maximum atomic E-state index is 13.3. The minimum atomic E-state index is -0.449. The van der Waals surface area contributed by atoms with Gasteiger partial charge in [0.1, 0.15) is 18.0 Å². The third kappa shape index (κ3) is 5.57. The molecule has 0 saturated carbocycles. The highest BCUT2D eigenvalue weighted by molar-refractivity contribution is 6.34. The molecule has 9 heteroatoms. The van der Waals surface area contributed by atoms with Crippen LogP contribution in [0.3, 0.4) is 0 Å². The van der Waals surface area contributed by atoms with Crippen molar-refractivity contribution in [2.75, 3.05) is 27.8 Å². The Kier molecular flexibility index (Phi) is 7.81. The lowest BCUT2D eigenvalue weighted by atomic mass is 9.97. The quantitative estimate of drug-likeness (QED) is 0.658. The molecule has 0 unspecified atom stereocenters. The Labute approximate surface area is 199 Å². The molecular weight excluding hydrogens is 444 g/mol. The third-order valence-corrected chi connectivity index (χ3v) is 5.61. The Hall–Kier alpha value is -3.26. The van der Waals surface area contributed by atoms with Gasteiger partial charge in [0.15, 0.2) is 0 Å². The van der Waals surface area contributed by atoms with Gasteiger partial charge >= 0.3 is 6.03 Å². The summed E-state index contributed by atoms with van der Waals surface area (Å²) >= 11 is 6.42. The van der Waals surface area contributed by atoms with Gasteiger partial charge in [-0.1, -0.05) is 29.8 Å². The van der Waals surface area contributed by atoms with Crippen molar-refractivity contribution in [3.8, 4) is 11.5 Å². The van der Waals surface area contributed by atoms with Gasteiger partial charge in [-0.25, -0.2) is 9.80 Å². The summed E-state index contributed by atoms with van der Waals surface area (Å²) in [5, 5.41) is 9.39. The van der Waals surface area contributed by atoms with E-state index in [1.165, 1.54) is 9.91 Å². The fourth-order valence-electron chi connectivity index (χ4n) is 3.64. The molecule has 8 nitrogen and oxygen atoms in total. The molecule has 0 saturated heterocycles. The molecule has 1 aliphatic rings. The molecule has 1 atom stereocenters. The van der Waals surface area contributed by atoms with Gasteiger partial charge in [0, 0.05) is 35.7 Å². The minimum absolute atomic E-state index is 0.0412. The van der Waals surface area contributed by atoms with E-state index in [4.69, 9.17) is 21.1 Å². The number of hydrogen-bond acceptors (Lipinski definition) is 5. The molecule has 0 fully saturated rings. The molecule has 176 valence electrons. The summed E-state index contributed by atoms with van der Waals surface area (Å²) in [4.78, 5) is 27.0. The van der Waals surface area contributed by atoms with Gasteiger partial charge in [-0.3, -0.25) is 4.79 Å². The van der Waals surface area contributed by atoms with Crippen molar-refractivity contribution in [2.45, 2.75) is 32.4 Å². The summed E-state index contributed by atoms with van der Waals surface area (Å²) in [7, 11) is 4.73. The summed E-state index contributed by atoms with van der Waals surface area (Å²) in [6.45, 7) is 3.58. The van der Waals surface area contributed by atoms with E-state index in [2.05, 4.69) is 10.4 Å². The molecular formula is C24H29ClN4O4. The first-order valence-electron chi connectivity index (χ1n) is 10.6. The van der Waals surface area contributed by atoms with E-state index < -0.39 is 6.04 Å². The second kappa shape index (κ2) is 10.6. The van der Waals surface area contributed by atoms with Crippen LogP contribution in [0.25, 0.3) is 0 Å². The van der Waals surface area contributed by atoms with Crippen LogP contribution in [0.4, 0.5) is 4.79 Å². The Morgan fingerprint density at radius 2 is 1.94 bits per heavy atom. The molecule has 0 aliphatic carbocycles. The average Bonchev–Trinajstić information content (AvgIpc) is 3.23. The molecule has 0 radical (unpaired) electrons. The molecule has 1 aliphatic heterocycles. The second-order valence-corrected chi connectivity index (χ2v) is 8.46. The lowest BCUT2D eigenvalue weighted by Gasteiger charge is -2.26. The second-order valence-electron chi connectivity index (χ2n) is 8.05. The van der Waals surface area contributed by atoms with Crippen LogP contribution in [0.2, 0.25) is 5.02 Å². The molecule has 0 bridgehead atoms. The number of hydrogen-bond donors (Lipinski definition) is 1. The number of benzene rings is 2. The van der Waals surface area contributed by atoms with E-state index in [1.54, 1.807) is 39.5 Å². The lowest BCUT2D eigenvalue weighted by Crippen LogP contribution is -2.45. The molecule has 2 aromatic rings. The van der Waals surface area contributed by atoms with Crippen LogP contribution in [-0.2, 0) is 4.79 Å². The zero-order valence-corrected chi connectivity index (χ0v) is 20.2. The monoisotopic (exact) mass is 472 g/mol. The zero-order valence-electron chi connectivity index (χ0n) is 19.5. The Bertz CT molecular complexity index is 1060. The number of halogens is 1. The fourth-order valence-corrected chi connectivity index (χ4v) is 3.89. The molecule has 33 heavy (non-hydrogen) atoms. The van der Waals surface area contributed by atoms with Gasteiger partial charge in [-0.15, -0.1) is 0 Å². The first-order chi connectivity index (χ1) is 15.7. The summed E-state index contributed by atoms with van der Waals surface area (Å²) in [6.07, 6.45) is 0.431. The van der Waals surface area contributed by atoms with Crippen LogP contribution < -0.4 is 14.8 Å². The average molecular weight is 473 g/mol. The normalized spacial score (nSPS) is 15.3. The van der Waals surface area contributed by atoms with Crippen LogP contribution in [-0.4, -0.2) is 61.4 Å². The number of amides is 3. The minimum Gasteiger partial charge on any atom is -0.497 e. The first kappa shape index (κ1) is 24.4. The number of hydrazone groups is 1. The van der Waals surface area contributed by atoms with Crippen molar-refractivity contribution in [2.24, 2.45) is 5.10 Å². The summed E-state index contributed by atoms with van der Waals surface area (Å²) in [5.74, 6) is 0.922. The van der Waals surface area contributed by atoms with Gasteiger partial charge in [0.25, 0.3) is 5.91 Å². The van der Waals surface area contributed by atoms with Crippen molar-refractivity contribution in [3.63, 3.8) is 0 Å². The van der Waals surface area contributed by atoms with Gasteiger partial charge in [0.05, 0.1) is 26.0 Å². The van der Waals surface area contributed by atoms with E-state index in [9.17, 15) is 9.59 Å². The van der Waals surface area contributed by atoms with Gasteiger partial charge in [0.2, 0.25) is 0 Å². The maximum absolute atomic E-state index is 13.3. The number of likely N-dealkylation sites (N-methyl/N-ethyl adjacent to an activating group) is 1. The number of methoxy groups -OCH3 is 2. The SMILES string of the molecule is COc1ccc(OC)c([C@H]2CC(c3ccccc3Cl)=NN2C(=O)CN(C)C(=O)NC(C)C)c1. The number of carbonyl (C=O) groups excluding carboxylic acids is 2. The van der Waals surface area contributed by atoms with Crippen molar-refractivity contribution < 1.29 is 19.1 Å². The van der Waals surface area contributed by atoms with Crippen molar-refractivity contribution in [1.82, 2.24) is 15.2 Å². The van der Waals surface area contributed by atoms with Crippen molar-refractivity contribution in [3.05, 3.63) is 58.6 Å². The standard InChI is InChI=1S/C24H29ClN4O4/c1-15(2)26-24(31)28(3)14-23(30)29-21(18-12-16(32-4)10-11-22(18)33-5)13-20(27-29)17-8-6-7-9-19(17)25/h6-12,15,21H,13-14H2,1-5H3,(H,26,31)/t21-/m1/s1. The predicted octanol–water partition coefficient (Wildman–Crippen LogP) is 4.08. The van der Waals surface area contributed by atoms with E-state index in [1.807, 2.05) is 38.1 Å². The molecule has 1 N–H and O–H groups in total. The zero-order chi connectivity index (χ0) is 24.1. The van der Waals surface area contributed by atoms with Gasteiger partial charge < -0.3 is 19.7 Å². The van der Waals surface area contributed by atoms with Crippen LogP contribution in [0.5, 0.6) is 11.5 Å². The van der Waals surface area contributed by atoms with Crippen molar-refractivity contribution >= 4 is 29.3 Å². The number of ether oxygens (including phenoxy) is 2. The van der Waals surface area contributed by atoms with E-state index in [0.29, 0.717) is 28.7 Å². The topological polar surface area (TPSA) is 83.5 Å². The Morgan fingerprint density at radius 1 is 1.21 bits per heavy atom. The number of rotatable bonds is 7. The van der Waals surface area contributed by atoms with E-state index in [0.717, 1.165) is 11.1 Å². The molecule has 0 aromatic heterocycles. The number of carbonyl (C=O) groups is 2. The highest BCUT2D eigenvalue weighted by Crippen LogP contribution is 2.40. The highest BCUT2D eigenvalue weighted by atomic mass is 35.5. The summed E-state index contributed by atoms with van der Waals surface area (Å²) in [5.41, 5.74) is 2.19. The first-order valence-corrected chi connectivity index (χ1v) is 11.0. The number of nitrogens with one attached hydrogen (secondary N) is 1. The van der Waals surface area contributed by atoms with E-state index in [-0.39, 0.29) is 24.5 Å². The summed E-state index contributed by atoms with van der Waals surface area (Å²) in [6, 6.07) is 12.0. The third-order valence-electron chi connectivity index (χ3n) is 5.28. The maximum Gasteiger partial charge on any atom is 0.317 e. The largest absolute Gasteiger partial charge is 0.497 e. The number of urea groups is 1. The number of nitrogens with zero attached hydrogens (tertiary/aromatic N) is 3. The summed E-state index contributed by atoms with van der Waals surface area (Å²) < 4.78 is 11.0. The Morgan fingerprint density at radius 3 is 2.58 bits per heavy atom. The smallest absolute Gasteiger partial charge is 0.317 e. The molecule has 3 rings (SSSR count). The predicted molar refractivity (Wildman–Crippen MR) is 128 cm³/mol. The molecule has 2 aromatic carbocycles. The van der Waals surface area contributed by atoms with Gasteiger partial charge in [-0.05, 0) is 38.1 Å². The fraction of sp³-hybridized carbons (Fsp3) is 0.375. The van der Waals surface area contributed by atoms with Crippen LogP contribution in [0, 0.1) is 0 Å². The van der Waals surface area contributed by atoms with Crippen LogP contribution in [0.15, 0.2) is 47.6 Å². The van der Waals surface area contributed by atoms with Crippen LogP contribution in [0.1, 0.15) is 37.4 Å². The lowest BCUT2D eigenvalue weighted by molar-refractivity contribution is -0.133. The van der Waals surface area contributed by atoms with Crippen LogP contribution >= 0.6 is 11.6 Å². The highest BCUT2D eigenvalue weighted by Gasteiger charge is 2.36. The molecule has 1 heterocycles. The van der Waals surface area contributed by atoms with Crippen molar-refractivity contribution in [1.29, 1.82) is 0 Å².